The Labute approximate surface area is 81.7 Å². The largest absolute Gasteiger partial charge is 0.399 e. The molecule has 76 valence electrons. The summed E-state index contributed by atoms with van der Waals surface area (Å²) < 4.78 is 0. The number of rotatable bonds is 6. The molecule has 0 atom stereocenters. The van der Waals surface area contributed by atoms with Gasteiger partial charge in [-0.25, -0.2) is 0 Å². The molecule has 0 saturated heterocycles. The van der Waals surface area contributed by atoms with Crippen LogP contribution in [0.4, 0.5) is 0 Å². The average Bonchev–Trinajstić information content (AvgIpc) is 2.05. The van der Waals surface area contributed by atoms with Crippen molar-refractivity contribution in [2.45, 2.75) is 46.5 Å². The lowest BCUT2D eigenvalue weighted by Gasteiger charge is -1.98. The quantitative estimate of drug-likeness (QED) is 0.350. The minimum atomic E-state index is 0.995. The van der Waals surface area contributed by atoms with Crippen LogP contribution in [0.25, 0.3) is 0 Å². The van der Waals surface area contributed by atoms with Gasteiger partial charge in [0.2, 0.25) is 0 Å². The van der Waals surface area contributed by atoms with Crippen molar-refractivity contribution in [2.75, 3.05) is 7.11 Å². The zero-order valence-corrected chi connectivity index (χ0v) is 9.26. The first-order valence-corrected chi connectivity index (χ1v) is 4.93. The molecule has 2 nitrogen and oxygen atoms in total. The molecular formula is C11H21NO. The predicted octanol–water partition coefficient (Wildman–Crippen LogP) is 3.54. The summed E-state index contributed by atoms with van der Waals surface area (Å²) in [5.41, 5.74) is 2.54. The molecule has 0 unspecified atom stereocenters. The molecule has 2 heteroatoms. The first kappa shape index (κ1) is 12.2. The fourth-order valence-corrected chi connectivity index (χ4v) is 1.23. The van der Waals surface area contributed by atoms with Crippen molar-refractivity contribution in [1.82, 2.24) is 0 Å². The van der Waals surface area contributed by atoms with Crippen LogP contribution in [0.2, 0.25) is 0 Å². The van der Waals surface area contributed by atoms with E-state index in [-0.39, 0.29) is 0 Å². The molecule has 0 saturated carbocycles. The minimum Gasteiger partial charge on any atom is -0.399 e. The summed E-state index contributed by atoms with van der Waals surface area (Å²) in [5.74, 6) is 0. The second kappa shape index (κ2) is 7.84. The smallest absolute Gasteiger partial charge is 0.106 e. The van der Waals surface area contributed by atoms with E-state index >= 15 is 0 Å². The Morgan fingerprint density at radius 2 is 2.00 bits per heavy atom. The van der Waals surface area contributed by atoms with E-state index in [1.165, 1.54) is 18.4 Å². The summed E-state index contributed by atoms with van der Waals surface area (Å²) in [6.45, 7) is 6.38. The maximum Gasteiger partial charge on any atom is 0.106 e. The van der Waals surface area contributed by atoms with E-state index in [1.54, 1.807) is 7.11 Å². The van der Waals surface area contributed by atoms with Crippen molar-refractivity contribution in [3.8, 4) is 0 Å². The van der Waals surface area contributed by atoms with Crippen LogP contribution in [0.3, 0.4) is 0 Å². The molecule has 0 aromatic carbocycles. The number of hydrogen-bond donors (Lipinski definition) is 0. The zero-order chi connectivity index (χ0) is 10.1. The summed E-state index contributed by atoms with van der Waals surface area (Å²) in [6, 6.07) is 0. The van der Waals surface area contributed by atoms with Gasteiger partial charge in [0.05, 0.1) is 5.71 Å². The number of nitrogens with zero attached hydrogens (tertiary/aromatic N) is 1. The third-order valence-electron chi connectivity index (χ3n) is 1.89. The first-order valence-electron chi connectivity index (χ1n) is 4.93. The Kier molecular flexibility index (Phi) is 7.36. The second-order valence-corrected chi connectivity index (χ2v) is 3.35. The fourth-order valence-electron chi connectivity index (χ4n) is 1.23. The molecule has 0 aliphatic carbocycles. The molecule has 0 N–H and O–H groups in total. The van der Waals surface area contributed by atoms with Gasteiger partial charge in [-0.1, -0.05) is 30.1 Å². The van der Waals surface area contributed by atoms with E-state index in [0.717, 1.165) is 18.6 Å². The number of oxime groups is 1. The Morgan fingerprint density at radius 3 is 2.54 bits per heavy atom. The number of allylic oxidation sites excluding steroid dienone is 2. The fraction of sp³-hybridized carbons (Fsp3) is 0.727. The molecule has 0 aliphatic rings. The molecule has 0 amide bonds. The monoisotopic (exact) mass is 183 g/mol. The highest BCUT2D eigenvalue weighted by molar-refractivity contribution is 5.81. The summed E-state index contributed by atoms with van der Waals surface area (Å²) in [5, 5.41) is 3.85. The second-order valence-electron chi connectivity index (χ2n) is 3.35. The van der Waals surface area contributed by atoms with E-state index in [9.17, 15) is 0 Å². The molecule has 0 aromatic heterocycles. The van der Waals surface area contributed by atoms with Crippen molar-refractivity contribution in [1.29, 1.82) is 0 Å². The van der Waals surface area contributed by atoms with Gasteiger partial charge in [0.15, 0.2) is 0 Å². The van der Waals surface area contributed by atoms with Crippen molar-refractivity contribution >= 4 is 5.71 Å². The minimum absolute atomic E-state index is 0.995. The number of hydrogen-bond acceptors (Lipinski definition) is 2. The van der Waals surface area contributed by atoms with Gasteiger partial charge in [-0.05, 0) is 33.1 Å². The molecule has 0 spiro atoms. The summed E-state index contributed by atoms with van der Waals surface area (Å²) in [7, 11) is 1.58. The standard InChI is InChI=1S/C11H21NO/c1-5-7-10(2)8-6-9-11(3)12-13-4/h8H,5-7,9H2,1-4H3/b10-8+,12-11+. The van der Waals surface area contributed by atoms with Crippen molar-refractivity contribution < 1.29 is 4.84 Å². The molecule has 0 heterocycles. The lowest BCUT2D eigenvalue weighted by Crippen LogP contribution is -1.91. The molecule has 13 heavy (non-hydrogen) atoms. The molecule has 0 rings (SSSR count). The lowest BCUT2D eigenvalue weighted by atomic mass is 10.1. The van der Waals surface area contributed by atoms with Crippen LogP contribution in [0.1, 0.15) is 46.5 Å². The lowest BCUT2D eigenvalue weighted by molar-refractivity contribution is 0.212. The molecule has 0 radical (unpaired) electrons. The van der Waals surface area contributed by atoms with Crippen molar-refractivity contribution in [3.05, 3.63) is 11.6 Å². The molecule has 0 fully saturated rings. The Bertz CT molecular complexity index is 183. The van der Waals surface area contributed by atoms with E-state index < -0.39 is 0 Å². The van der Waals surface area contributed by atoms with Crippen LogP contribution in [0.5, 0.6) is 0 Å². The maximum atomic E-state index is 4.68. The molecule has 0 aromatic rings. The average molecular weight is 183 g/mol. The van der Waals surface area contributed by atoms with Crippen LogP contribution < -0.4 is 0 Å². The van der Waals surface area contributed by atoms with E-state index in [1.807, 2.05) is 6.92 Å². The Balaban J connectivity index is 3.65. The zero-order valence-electron chi connectivity index (χ0n) is 9.26. The van der Waals surface area contributed by atoms with Crippen LogP contribution in [-0.2, 0) is 4.84 Å². The van der Waals surface area contributed by atoms with Crippen LogP contribution >= 0.6 is 0 Å². The highest BCUT2D eigenvalue weighted by Crippen LogP contribution is 2.06. The van der Waals surface area contributed by atoms with Crippen LogP contribution in [0.15, 0.2) is 16.8 Å². The topological polar surface area (TPSA) is 21.6 Å². The Morgan fingerprint density at radius 1 is 1.31 bits per heavy atom. The van der Waals surface area contributed by atoms with Gasteiger partial charge in [-0.15, -0.1) is 0 Å². The van der Waals surface area contributed by atoms with Gasteiger partial charge in [0.1, 0.15) is 7.11 Å². The Hall–Kier alpha value is -0.790. The van der Waals surface area contributed by atoms with Crippen LogP contribution in [-0.4, -0.2) is 12.8 Å². The highest BCUT2D eigenvalue weighted by Gasteiger charge is 1.91. The summed E-state index contributed by atoms with van der Waals surface area (Å²) in [4.78, 5) is 4.68. The molecular weight excluding hydrogens is 162 g/mol. The molecule has 0 bridgehead atoms. The van der Waals surface area contributed by atoms with Crippen molar-refractivity contribution in [3.63, 3.8) is 0 Å². The van der Waals surface area contributed by atoms with Crippen LogP contribution in [0, 0.1) is 0 Å². The van der Waals surface area contributed by atoms with Gasteiger partial charge in [0, 0.05) is 0 Å². The van der Waals surface area contributed by atoms with E-state index in [0.29, 0.717) is 0 Å². The molecule has 0 aliphatic heterocycles. The SMILES string of the molecule is CCC/C(C)=C/CC/C(C)=N/OC. The predicted molar refractivity (Wildman–Crippen MR) is 58.0 cm³/mol. The highest BCUT2D eigenvalue weighted by atomic mass is 16.6. The summed E-state index contributed by atoms with van der Waals surface area (Å²) in [6.07, 6.45) is 6.80. The van der Waals surface area contributed by atoms with Gasteiger partial charge < -0.3 is 4.84 Å². The third kappa shape index (κ3) is 7.57. The third-order valence-corrected chi connectivity index (χ3v) is 1.89. The van der Waals surface area contributed by atoms with Gasteiger partial charge in [-0.2, -0.15) is 0 Å². The van der Waals surface area contributed by atoms with Gasteiger partial charge >= 0.3 is 0 Å². The van der Waals surface area contributed by atoms with Gasteiger partial charge in [-0.3, -0.25) is 0 Å². The normalized spacial score (nSPS) is 13.2. The van der Waals surface area contributed by atoms with Gasteiger partial charge in [0.25, 0.3) is 0 Å². The first-order chi connectivity index (χ1) is 6.20. The van der Waals surface area contributed by atoms with Crippen molar-refractivity contribution in [2.24, 2.45) is 5.16 Å². The summed E-state index contributed by atoms with van der Waals surface area (Å²) >= 11 is 0. The van der Waals surface area contributed by atoms with E-state index in [2.05, 4.69) is 29.9 Å². The van der Waals surface area contributed by atoms with E-state index in [4.69, 9.17) is 0 Å². The maximum absolute atomic E-state index is 4.68.